The van der Waals surface area contributed by atoms with E-state index >= 15 is 0 Å². The highest BCUT2D eigenvalue weighted by atomic mass is 19.4. The second-order valence-corrected chi connectivity index (χ2v) is 4.64. The van der Waals surface area contributed by atoms with Gasteiger partial charge in [-0.05, 0) is 13.8 Å². The highest BCUT2D eigenvalue weighted by Crippen LogP contribution is 2.21. The van der Waals surface area contributed by atoms with Crippen LogP contribution in [0.3, 0.4) is 0 Å². The van der Waals surface area contributed by atoms with Crippen molar-refractivity contribution < 1.29 is 27.6 Å². The molecule has 1 rings (SSSR count). The fourth-order valence-electron chi connectivity index (χ4n) is 1.83. The third-order valence-electron chi connectivity index (χ3n) is 2.67. The summed E-state index contributed by atoms with van der Waals surface area (Å²) in [6.07, 6.45) is -6.61. The van der Waals surface area contributed by atoms with Crippen LogP contribution < -0.4 is 5.32 Å². The summed E-state index contributed by atoms with van der Waals surface area (Å²) in [5.74, 6) is -1.88. The maximum atomic E-state index is 11.9. The van der Waals surface area contributed by atoms with Crippen LogP contribution in [0.4, 0.5) is 13.2 Å². The van der Waals surface area contributed by atoms with E-state index in [4.69, 9.17) is 0 Å². The zero-order valence-corrected chi connectivity index (χ0v) is 10.6. The van der Waals surface area contributed by atoms with Gasteiger partial charge in [0.15, 0.2) is 0 Å². The van der Waals surface area contributed by atoms with Gasteiger partial charge < -0.3 is 5.32 Å². The Morgan fingerprint density at radius 2 is 2.00 bits per heavy atom. The fraction of sp³-hybridized carbons (Fsp3) is 0.727. The van der Waals surface area contributed by atoms with Crippen LogP contribution in [-0.4, -0.2) is 40.9 Å². The molecule has 1 heterocycles. The second kappa shape index (κ2) is 5.58. The van der Waals surface area contributed by atoms with Gasteiger partial charge in [0, 0.05) is 12.5 Å². The number of carbonyl (C=O) groups is 3. The summed E-state index contributed by atoms with van der Waals surface area (Å²) >= 11 is 0. The molecule has 0 aromatic heterocycles. The minimum atomic E-state index is -4.42. The Kier molecular flexibility index (Phi) is 4.54. The normalized spacial score (nSPS) is 20.3. The minimum Gasteiger partial charge on any atom is -0.344 e. The summed E-state index contributed by atoms with van der Waals surface area (Å²) in [5, 5.41) is 2.17. The summed E-state index contributed by atoms with van der Waals surface area (Å²) in [7, 11) is 0. The second-order valence-electron chi connectivity index (χ2n) is 4.64. The average molecular weight is 280 g/mol. The van der Waals surface area contributed by atoms with Crippen molar-refractivity contribution in [3.05, 3.63) is 0 Å². The highest BCUT2D eigenvalue weighted by Gasteiger charge is 2.40. The number of imide groups is 1. The van der Waals surface area contributed by atoms with E-state index in [1.54, 1.807) is 13.8 Å². The van der Waals surface area contributed by atoms with Gasteiger partial charge >= 0.3 is 6.18 Å². The lowest BCUT2D eigenvalue weighted by Gasteiger charge is -2.19. The van der Waals surface area contributed by atoms with Gasteiger partial charge in [-0.1, -0.05) is 0 Å². The summed E-state index contributed by atoms with van der Waals surface area (Å²) in [6.45, 7) is 3.29. The van der Waals surface area contributed by atoms with Crippen LogP contribution >= 0.6 is 0 Å². The van der Waals surface area contributed by atoms with E-state index in [2.05, 4.69) is 5.32 Å². The van der Waals surface area contributed by atoms with E-state index in [1.807, 2.05) is 0 Å². The van der Waals surface area contributed by atoms with Gasteiger partial charge in [-0.3, -0.25) is 19.3 Å². The van der Waals surface area contributed by atoms with Crippen LogP contribution in [0.2, 0.25) is 0 Å². The molecule has 0 spiro atoms. The molecule has 0 aliphatic carbocycles. The van der Waals surface area contributed by atoms with E-state index in [-0.39, 0.29) is 12.5 Å². The Labute approximate surface area is 108 Å². The molecule has 3 amide bonds. The lowest BCUT2D eigenvalue weighted by molar-refractivity contribution is -0.145. The third kappa shape index (κ3) is 4.22. The average Bonchev–Trinajstić information content (AvgIpc) is 2.50. The van der Waals surface area contributed by atoms with Crippen LogP contribution in [0.25, 0.3) is 0 Å². The van der Waals surface area contributed by atoms with Crippen molar-refractivity contribution >= 4 is 17.7 Å². The third-order valence-corrected chi connectivity index (χ3v) is 2.67. The van der Waals surface area contributed by atoms with Gasteiger partial charge in [0.1, 0.15) is 6.04 Å². The van der Waals surface area contributed by atoms with Gasteiger partial charge in [0.25, 0.3) is 5.91 Å². The lowest BCUT2D eigenvalue weighted by atomic mass is 10.2. The van der Waals surface area contributed by atoms with Crippen LogP contribution in [-0.2, 0) is 14.4 Å². The van der Waals surface area contributed by atoms with Crippen molar-refractivity contribution in [1.82, 2.24) is 10.2 Å². The Morgan fingerprint density at radius 1 is 1.42 bits per heavy atom. The fourth-order valence-corrected chi connectivity index (χ4v) is 1.83. The molecular weight excluding hydrogens is 265 g/mol. The number of hydrogen-bond donors (Lipinski definition) is 1. The first-order valence-corrected chi connectivity index (χ1v) is 5.84. The maximum Gasteiger partial charge on any atom is 0.389 e. The number of amides is 3. The smallest absolute Gasteiger partial charge is 0.344 e. The minimum absolute atomic E-state index is 0.200. The highest BCUT2D eigenvalue weighted by molar-refractivity contribution is 6.07. The molecule has 0 aromatic rings. The van der Waals surface area contributed by atoms with E-state index in [9.17, 15) is 27.6 Å². The molecule has 8 heteroatoms. The van der Waals surface area contributed by atoms with Crippen molar-refractivity contribution in [2.75, 3.05) is 0 Å². The molecule has 1 aliphatic rings. The number of rotatable bonds is 4. The molecular formula is C11H15F3N2O3. The molecule has 0 radical (unpaired) electrons. The quantitative estimate of drug-likeness (QED) is 0.781. The standard InChI is InChI=1S/C11H15F3N2O3/c1-6(2)16-9(18)5-7(10(16)19)15-8(17)3-4-11(12,13)14/h6-7H,3-5H2,1-2H3,(H,15,17)/t7-/m1/s1. The first-order chi connectivity index (χ1) is 8.61. The zero-order chi connectivity index (χ0) is 14.8. The van der Waals surface area contributed by atoms with Crippen LogP contribution in [0.1, 0.15) is 33.1 Å². The molecule has 5 nitrogen and oxygen atoms in total. The monoisotopic (exact) mass is 280 g/mol. The van der Waals surface area contributed by atoms with E-state index < -0.39 is 42.8 Å². The molecule has 1 N–H and O–H groups in total. The number of halogens is 3. The van der Waals surface area contributed by atoms with Crippen molar-refractivity contribution in [2.45, 2.75) is 51.4 Å². The summed E-state index contributed by atoms with van der Waals surface area (Å²) in [5.41, 5.74) is 0. The molecule has 1 aliphatic heterocycles. The Morgan fingerprint density at radius 3 is 2.42 bits per heavy atom. The summed E-state index contributed by atoms with van der Waals surface area (Å²) in [6, 6.07) is -1.38. The van der Waals surface area contributed by atoms with Crippen molar-refractivity contribution in [2.24, 2.45) is 0 Å². The van der Waals surface area contributed by atoms with E-state index in [1.165, 1.54) is 0 Å². The largest absolute Gasteiger partial charge is 0.389 e. The van der Waals surface area contributed by atoms with Gasteiger partial charge in [0.05, 0.1) is 12.8 Å². The SMILES string of the molecule is CC(C)N1C(=O)C[C@@H](NC(=O)CCC(F)(F)F)C1=O. The Balaban J connectivity index is 2.53. The molecule has 1 saturated heterocycles. The number of alkyl halides is 3. The maximum absolute atomic E-state index is 11.9. The van der Waals surface area contributed by atoms with E-state index in [0.29, 0.717) is 0 Å². The molecule has 108 valence electrons. The predicted molar refractivity (Wildman–Crippen MR) is 58.8 cm³/mol. The van der Waals surface area contributed by atoms with Gasteiger partial charge in [-0.15, -0.1) is 0 Å². The van der Waals surface area contributed by atoms with Gasteiger partial charge in [-0.2, -0.15) is 13.2 Å². The number of nitrogens with zero attached hydrogens (tertiary/aromatic N) is 1. The Bertz CT molecular complexity index is 393. The predicted octanol–water partition coefficient (Wildman–Crippen LogP) is 0.981. The molecule has 0 saturated carbocycles. The van der Waals surface area contributed by atoms with Crippen molar-refractivity contribution in [3.8, 4) is 0 Å². The number of carbonyl (C=O) groups excluding carboxylic acids is 3. The molecule has 1 fully saturated rings. The van der Waals surface area contributed by atoms with Gasteiger partial charge in [-0.25, -0.2) is 0 Å². The molecule has 0 bridgehead atoms. The van der Waals surface area contributed by atoms with Crippen molar-refractivity contribution in [1.29, 1.82) is 0 Å². The zero-order valence-electron chi connectivity index (χ0n) is 10.6. The molecule has 0 unspecified atom stereocenters. The molecule has 19 heavy (non-hydrogen) atoms. The van der Waals surface area contributed by atoms with Crippen molar-refractivity contribution in [3.63, 3.8) is 0 Å². The Hall–Kier alpha value is -1.60. The molecule has 0 aromatic carbocycles. The summed E-state index contributed by atoms with van der Waals surface area (Å²) in [4.78, 5) is 35.6. The van der Waals surface area contributed by atoms with Gasteiger partial charge in [0.2, 0.25) is 11.8 Å². The van der Waals surface area contributed by atoms with E-state index in [0.717, 1.165) is 4.90 Å². The molecule has 1 atom stereocenters. The summed E-state index contributed by atoms with van der Waals surface area (Å²) < 4.78 is 35.8. The number of hydrogen-bond acceptors (Lipinski definition) is 3. The first-order valence-electron chi connectivity index (χ1n) is 5.84. The first kappa shape index (κ1) is 15.5. The number of likely N-dealkylation sites (tertiary alicyclic amines) is 1. The topological polar surface area (TPSA) is 66.5 Å². The van der Waals surface area contributed by atoms with Crippen LogP contribution in [0.5, 0.6) is 0 Å². The van der Waals surface area contributed by atoms with Crippen LogP contribution in [0, 0.1) is 0 Å². The van der Waals surface area contributed by atoms with Crippen LogP contribution in [0.15, 0.2) is 0 Å². The number of nitrogens with one attached hydrogen (secondary N) is 1. The lowest BCUT2D eigenvalue weighted by Crippen LogP contribution is -2.43.